The molecule has 0 aliphatic carbocycles. The average Bonchev–Trinajstić information content (AvgIpc) is 2.37. The minimum absolute atomic E-state index is 0.160. The second-order valence-corrected chi connectivity index (χ2v) is 6.29. The van der Waals surface area contributed by atoms with Gasteiger partial charge in [-0.05, 0) is 31.5 Å². The van der Waals surface area contributed by atoms with Crippen molar-refractivity contribution in [3.05, 3.63) is 34.3 Å². The summed E-state index contributed by atoms with van der Waals surface area (Å²) in [6.45, 7) is 4.10. The predicted octanol–water partition coefficient (Wildman–Crippen LogP) is 1.19. The van der Waals surface area contributed by atoms with Gasteiger partial charge in [0, 0.05) is 17.1 Å². The molecule has 2 amide bonds. The quantitative estimate of drug-likeness (QED) is 0.811. The molecule has 1 aromatic carbocycles. The van der Waals surface area contributed by atoms with Gasteiger partial charge in [0.1, 0.15) is 0 Å². The second-order valence-electron chi connectivity index (χ2n) is 5.37. The Balaban J connectivity index is 2.39. The second kappa shape index (κ2) is 5.63. The van der Waals surface area contributed by atoms with E-state index in [1.807, 2.05) is 29.2 Å². The smallest absolute Gasteiger partial charge is 0.246 e. The third kappa shape index (κ3) is 2.77. The van der Waals surface area contributed by atoms with Gasteiger partial charge in [-0.1, -0.05) is 28.1 Å². The maximum atomic E-state index is 12.0. The minimum Gasteiger partial charge on any atom is -0.329 e. The first-order valence-corrected chi connectivity index (χ1v) is 7.22. The molecule has 20 heavy (non-hydrogen) atoms. The van der Waals surface area contributed by atoms with Gasteiger partial charge in [-0.3, -0.25) is 19.8 Å². The third-order valence-electron chi connectivity index (χ3n) is 3.67. The maximum absolute atomic E-state index is 12.0. The Morgan fingerprint density at radius 1 is 1.45 bits per heavy atom. The molecule has 0 bridgehead atoms. The highest BCUT2D eigenvalue weighted by atomic mass is 79.9. The van der Waals surface area contributed by atoms with Crippen molar-refractivity contribution in [3.63, 3.8) is 0 Å². The number of piperazine rings is 1. The summed E-state index contributed by atoms with van der Waals surface area (Å²) in [6.07, 6.45) is 0. The number of nitrogens with two attached hydrogens (primary N) is 1. The number of hydrogen-bond donors (Lipinski definition) is 2. The molecule has 0 radical (unpaired) electrons. The molecule has 1 aliphatic rings. The Morgan fingerprint density at radius 2 is 2.15 bits per heavy atom. The maximum Gasteiger partial charge on any atom is 0.246 e. The summed E-state index contributed by atoms with van der Waals surface area (Å²) in [4.78, 5) is 25.6. The monoisotopic (exact) mass is 339 g/mol. The SMILES string of the molecule is CC1(C)C(=O)NC(=O)CN1C(CN)c1cccc(Br)c1. The van der Waals surface area contributed by atoms with E-state index in [9.17, 15) is 9.59 Å². The van der Waals surface area contributed by atoms with E-state index in [0.29, 0.717) is 6.54 Å². The van der Waals surface area contributed by atoms with Crippen molar-refractivity contribution in [2.24, 2.45) is 5.73 Å². The molecule has 0 saturated carbocycles. The molecule has 1 saturated heterocycles. The van der Waals surface area contributed by atoms with Crippen molar-refractivity contribution in [1.82, 2.24) is 10.2 Å². The number of imide groups is 1. The molecular weight excluding hydrogens is 322 g/mol. The van der Waals surface area contributed by atoms with Crippen LogP contribution in [0.4, 0.5) is 0 Å². The van der Waals surface area contributed by atoms with Crippen LogP contribution in [0.2, 0.25) is 0 Å². The molecule has 2 rings (SSSR count). The van der Waals surface area contributed by atoms with E-state index in [-0.39, 0.29) is 24.4 Å². The number of carbonyl (C=O) groups is 2. The highest BCUT2D eigenvalue weighted by Gasteiger charge is 2.44. The molecular formula is C14H18BrN3O2. The fourth-order valence-electron chi connectivity index (χ4n) is 2.46. The van der Waals surface area contributed by atoms with Crippen LogP contribution in [0.15, 0.2) is 28.7 Å². The molecule has 6 heteroatoms. The number of benzene rings is 1. The highest BCUT2D eigenvalue weighted by molar-refractivity contribution is 9.10. The number of nitrogens with zero attached hydrogens (tertiary/aromatic N) is 1. The van der Waals surface area contributed by atoms with Crippen molar-refractivity contribution >= 4 is 27.7 Å². The van der Waals surface area contributed by atoms with Crippen LogP contribution in [0.1, 0.15) is 25.5 Å². The van der Waals surface area contributed by atoms with Crippen molar-refractivity contribution in [2.75, 3.05) is 13.1 Å². The van der Waals surface area contributed by atoms with Crippen molar-refractivity contribution in [3.8, 4) is 0 Å². The van der Waals surface area contributed by atoms with Crippen molar-refractivity contribution in [2.45, 2.75) is 25.4 Å². The van der Waals surface area contributed by atoms with Gasteiger partial charge in [0.05, 0.1) is 12.1 Å². The summed E-state index contributed by atoms with van der Waals surface area (Å²) in [5, 5.41) is 2.37. The molecule has 1 fully saturated rings. The topological polar surface area (TPSA) is 75.4 Å². The van der Waals surface area contributed by atoms with Gasteiger partial charge in [-0.2, -0.15) is 0 Å². The zero-order valence-corrected chi connectivity index (χ0v) is 13.1. The van der Waals surface area contributed by atoms with Gasteiger partial charge in [-0.15, -0.1) is 0 Å². The van der Waals surface area contributed by atoms with Crippen LogP contribution in [-0.2, 0) is 9.59 Å². The van der Waals surface area contributed by atoms with Crippen LogP contribution in [0.5, 0.6) is 0 Å². The number of amides is 2. The Bertz CT molecular complexity index is 545. The lowest BCUT2D eigenvalue weighted by molar-refractivity contribution is -0.147. The molecule has 1 heterocycles. The molecule has 0 spiro atoms. The molecule has 3 N–H and O–H groups in total. The largest absolute Gasteiger partial charge is 0.329 e. The summed E-state index contributed by atoms with van der Waals surface area (Å²) in [5.74, 6) is -0.579. The normalized spacial score (nSPS) is 20.6. The molecule has 5 nitrogen and oxygen atoms in total. The highest BCUT2D eigenvalue weighted by Crippen LogP contribution is 2.30. The van der Waals surface area contributed by atoms with Gasteiger partial charge < -0.3 is 5.73 Å². The Kier molecular flexibility index (Phi) is 4.27. The standard InChI is InChI=1S/C14H18BrN3O2/c1-14(2)13(20)17-12(19)8-18(14)11(7-16)9-4-3-5-10(15)6-9/h3-6,11H,7-8,16H2,1-2H3,(H,17,19,20). The first-order valence-electron chi connectivity index (χ1n) is 6.43. The van der Waals surface area contributed by atoms with Gasteiger partial charge in [0.25, 0.3) is 0 Å². The summed E-state index contributed by atoms with van der Waals surface area (Å²) in [6, 6.07) is 7.58. The van der Waals surface area contributed by atoms with E-state index in [0.717, 1.165) is 10.0 Å². The summed E-state index contributed by atoms with van der Waals surface area (Å²) < 4.78 is 0.944. The van der Waals surface area contributed by atoms with Crippen LogP contribution < -0.4 is 11.1 Å². The predicted molar refractivity (Wildman–Crippen MR) is 79.9 cm³/mol. The summed E-state index contributed by atoms with van der Waals surface area (Å²) >= 11 is 3.43. The Morgan fingerprint density at radius 3 is 2.75 bits per heavy atom. The minimum atomic E-state index is -0.778. The summed E-state index contributed by atoms with van der Waals surface area (Å²) in [7, 11) is 0. The van der Waals surface area contributed by atoms with E-state index in [1.54, 1.807) is 13.8 Å². The van der Waals surface area contributed by atoms with E-state index in [2.05, 4.69) is 21.2 Å². The number of carbonyl (C=O) groups excluding carboxylic acids is 2. The number of rotatable bonds is 3. The van der Waals surface area contributed by atoms with Crippen molar-refractivity contribution < 1.29 is 9.59 Å². The third-order valence-corrected chi connectivity index (χ3v) is 4.17. The molecule has 108 valence electrons. The van der Waals surface area contributed by atoms with Gasteiger partial charge >= 0.3 is 0 Å². The molecule has 1 aromatic rings. The van der Waals surface area contributed by atoms with E-state index < -0.39 is 5.54 Å². The molecule has 0 aromatic heterocycles. The number of halogens is 1. The van der Waals surface area contributed by atoms with Crippen LogP contribution in [-0.4, -0.2) is 35.3 Å². The lowest BCUT2D eigenvalue weighted by Gasteiger charge is -2.44. The lowest BCUT2D eigenvalue weighted by Crippen LogP contribution is -2.65. The van der Waals surface area contributed by atoms with Gasteiger partial charge in [0.15, 0.2) is 0 Å². The van der Waals surface area contributed by atoms with Gasteiger partial charge in [0.2, 0.25) is 11.8 Å². The zero-order valence-electron chi connectivity index (χ0n) is 11.5. The van der Waals surface area contributed by atoms with Crippen LogP contribution >= 0.6 is 15.9 Å². The van der Waals surface area contributed by atoms with E-state index in [1.165, 1.54) is 0 Å². The van der Waals surface area contributed by atoms with E-state index in [4.69, 9.17) is 5.73 Å². The van der Waals surface area contributed by atoms with Crippen LogP contribution in [0, 0.1) is 0 Å². The molecule has 1 aliphatic heterocycles. The van der Waals surface area contributed by atoms with Crippen LogP contribution in [0.3, 0.4) is 0 Å². The molecule has 1 atom stereocenters. The zero-order chi connectivity index (χ0) is 14.9. The number of nitrogens with one attached hydrogen (secondary N) is 1. The Hall–Kier alpha value is -1.24. The first kappa shape index (κ1) is 15.2. The molecule has 1 unspecified atom stereocenters. The van der Waals surface area contributed by atoms with E-state index >= 15 is 0 Å². The van der Waals surface area contributed by atoms with Crippen molar-refractivity contribution in [1.29, 1.82) is 0 Å². The number of hydrogen-bond acceptors (Lipinski definition) is 4. The summed E-state index contributed by atoms with van der Waals surface area (Å²) in [5.41, 5.74) is 6.10. The Labute approximate surface area is 126 Å². The van der Waals surface area contributed by atoms with Crippen LogP contribution in [0.25, 0.3) is 0 Å². The first-order chi connectivity index (χ1) is 9.36. The average molecular weight is 340 g/mol. The van der Waals surface area contributed by atoms with Gasteiger partial charge in [-0.25, -0.2) is 0 Å². The lowest BCUT2D eigenvalue weighted by atomic mass is 9.93. The fourth-order valence-corrected chi connectivity index (χ4v) is 2.88. The fraction of sp³-hybridized carbons (Fsp3) is 0.429.